The summed E-state index contributed by atoms with van der Waals surface area (Å²) < 4.78 is 29.6. The lowest BCUT2D eigenvalue weighted by Gasteiger charge is -2.17. The number of carbonyl (C=O) groups excluding carboxylic acids is 1. The molecule has 0 aromatic carbocycles. The monoisotopic (exact) mass is 302 g/mol. The van der Waals surface area contributed by atoms with E-state index in [1.807, 2.05) is 0 Å². The molecule has 0 amide bonds. The highest BCUT2D eigenvalue weighted by Gasteiger charge is 2.41. The number of esters is 1. The minimum atomic E-state index is -3.10. The molecule has 1 fully saturated rings. The van der Waals surface area contributed by atoms with E-state index >= 15 is 0 Å². The first-order valence-electron chi connectivity index (χ1n) is 6.37. The van der Waals surface area contributed by atoms with Gasteiger partial charge < -0.3 is 10.5 Å². The zero-order chi connectivity index (χ0) is 14.9. The minimum absolute atomic E-state index is 0.0470. The van der Waals surface area contributed by atoms with Crippen molar-refractivity contribution in [2.24, 2.45) is 13.0 Å². The van der Waals surface area contributed by atoms with Gasteiger partial charge in [-0.05, 0) is 19.3 Å². The van der Waals surface area contributed by atoms with Gasteiger partial charge in [0.2, 0.25) is 5.95 Å². The molecule has 1 aromatic heterocycles. The summed E-state index contributed by atoms with van der Waals surface area (Å²) >= 11 is 0. The maximum atomic E-state index is 12.1. The van der Waals surface area contributed by atoms with Gasteiger partial charge >= 0.3 is 5.97 Å². The number of anilines is 1. The lowest BCUT2D eigenvalue weighted by atomic mass is 9.91. The second kappa shape index (κ2) is 5.39. The molecule has 20 heavy (non-hydrogen) atoms. The molecule has 1 aliphatic rings. The third kappa shape index (κ3) is 2.92. The number of sulfone groups is 1. The van der Waals surface area contributed by atoms with Gasteiger partial charge in [-0.1, -0.05) is 0 Å². The van der Waals surface area contributed by atoms with E-state index in [0.717, 1.165) is 0 Å². The van der Waals surface area contributed by atoms with Crippen molar-refractivity contribution in [1.29, 1.82) is 0 Å². The number of nitrogen functional groups attached to an aromatic ring is 1. The number of ether oxygens (including phenoxy) is 1. The Morgan fingerprint density at radius 3 is 2.75 bits per heavy atom. The van der Waals surface area contributed by atoms with Crippen LogP contribution in [0.5, 0.6) is 0 Å². The van der Waals surface area contributed by atoms with Crippen LogP contribution in [0.25, 0.3) is 0 Å². The Morgan fingerprint density at radius 1 is 1.60 bits per heavy atom. The lowest BCUT2D eigenvalue weighted by Crippen LogP contribution is -2.26. The van der Waals surface area contributed by atoms with Gasteiger partial charge in [0.15, 0.2) is 15.7 Å². The van der Waals surface area contributed by atoms with Crippen molar-refractivity contribution < 1.29 is 17.9 Å². The lowest BCUT2D eigenvalue weighted by molar-refractivity contribution is -0.146. The first kappa shape index (κ1) is 14.8. The number of rotatable bonds is 4. The Hall–Kier alpha value is -1.64. The van der Waals surface area contributed by atoms with Gasteiger partial charge in [-0.15, -0.1) is 0 Å². The van der Waals surface area contributed by atoms with Crippen LogP contribution in [0.4, 0.5) is 5.95 Å². The fraction of sp³-hybridized carbons (Fsp3) is 0.727. The van der Waals surface area contributed by atoms with Crippen molar-refractivity contribution in [3.8, 4) is 0 Å². The molecule has 0 saturated carbocycles. The highest BCUT2D eigenvalue weighted by molar-refractivity contribution is 7.91. The molecule has 1 saturated heterocycles. The van der Waals surface area contributed by atoms with E-state index in [9.17, 15) is 13.2 Å². The van der Waals surface area contributed by atoms with Gasteiger partial charge in [-0.2, -0.15) is 10.1 Å². The van der Waals surface area contributed by atoms with Crippen LogP contribution in [0, 0.1) is 5.92 Å². The third-order valence-electron chi connectivity index (χ3n) is 3.37. The van der Waals surface area contributed by atoms with E-state index in [1.165, 1.54) is 4.68 Å². The van der Waals surface area contributed by atoms with E-state index in [-0.39, 0.29) is 35.8 Å². The smallest absolute Gasteiger partial charge is 0.317 e. The second-order valence-corrected chi connectivity index (χ2v) is 7.07. The van der Waals surface area contributed by atoms with E-state index in [4.69, 9.17) is 10.5 Å². The van der Waals surface area contributed by atoms with Gasteiger partial charge in [-0.3, -0.25) is 4.79 Å². The molecular weight excluding hydrogens is 284 g/mol. The maximum Gasteiger partial charge on any atom is 0.317 e. The highest BCUT2D eigenvalue weighted by Crippen LogP contribution is 2.33. The van der Waals surface area contributed by atoms with Gasteiger partial charge in [0.05, 0.1) is 18.1 Å². The average molecular weight is 302 g/mol. The van der Waals surface area contributed by atoms with Crippen LogP contribution in [0.15, 0.2) is 0 Å². The van der Waals surface area contributed by atoms with Crippen LogP contribution >= 0.6 is 0 Å². The summed E-state index contributed by atoms with van der Waals surface area (Å²) in [5.74, 6) is -1.21. The Morgan fingerprint density at radius 2 is 2.30 bits per heavy atom. The number of aromatic nitrogens is 3. The van der Waals surface area contributed by atoms with Gasteiger partial charge in [0, 0.05) is 7.05 Å². The predicted molar refractivity (Wildman–Crippen MR) is 71.6 cm³/mol. The predicted octanol–water partition coefficient (Wildman–Crippen LogP) is -0.521. The average Bonchev–Trinajstić information content (AvgIpc) is 2.84. The van der Waals surface area contributed by atoms with Crippen molar-refractivity contribution in [3.63, 3.8) is 0 Å². The molecule has 0 aliphatic carbocycles. The molecular formula is C11H18N4O4S. The highest BCUT2D eigenvalue weighted by atomic mass is 32.2. The number of hydrogen-bond donors (Lipinski definition) is 1. The van der Waals surface area contributed by atoms with Crippen LogP contribution in [0.3, 0.4) is 0 Å². The second-order valence-electron chi connectivity index (χ2n) is 4.84. The molecule has 0 spiro atoms. The number of aryl methyl sites for hydroxylation is 1. The zero-order valence-corrected chi connectivity index (χ0v) is 12.3. The zero-order valence-electron chi connectivity index (χ0n) is 11.4. The molecule has 2 unspecified atom stereocenters. The summed E-state index contributed by atoms with van der Waals surface area (Å²) in [4.78, 5) is 16.2. The molecule has 2 heterocycles. The summed E-state index contributed by atoms with van der Waals surface area (Å²) in [5.41, 5.74) is 5.62. The van der Waals surface area contributed by atoms with Crippen molar-refractivity contribution in [3.05, 3.63) is 5.82 Å². The van der Waals surface area contributed by atoms with Crippen molar-refractivity contribution in [2.75, 3.05) is 23.8 Å². The fourth-order valence-electron chi connectivity index (χ4n) is 2.38. The van der Waals surface area contributed by atoms with E-state index < -0.39 is 21.7 Å². The Labute approximate surface area is 117 Å². The largest absolute Gasteiger partial charge is 0.465 e. The molecule has 2 rings (SSSR count). The van der Waals surface area contributed by atoms with Crippen molar-refractivity contribution in [2.45, 2.75) is 19.3 Å². The number of nitrogens with zero attached hydrogens (tertiary/aromatic N) is 3. The standard InChI is InChI=1S/C11H18N4O4S/c1-3-19-10(16)8(7-4-5-20(17,18)6-7)9-13-11(12)15(2)14-9/h7-8H,3-6H2,1-2H3,(H2,12,13,14). The van der Waals surface area contributed by atoms with Crippen LogP contribution in [-0.2, 0) is 26.4 Å². The van der Waals surface area contributed by atoms with Crippen LogP contribution < -0.4 is 5.73 Å². The van der Waals surface area contributed by atoms with Crippen LogP contribution in [0.1, 0.15) is 25.1 Å². The summed E-state index contributed by atoms with van der Waals surface area (Å²) in [7, 11) is -1.49. The maximum absolute atomic E-state index is 12.1. The minimum Gasteiger partial charge on any atom is -0.465 e. The van der Waals surface area contributed by atoms with Crippen molar-refractivity contribution in [1.82, 2.24) is 14.8 Å². The van der Waals surface area contributed by atoms with E-state index in [2.05, 4.69) is 10.1 Å². The first-order valence-corrected chi connectivity index (χ1v) is 8.19. The van der Waals surface area contributed by atoms with Crippen LogP contribution in [-0.4, -0.2) is 47.3 Å². The molecule has 2 atom stereocenters. The molecule has 9 heteroatoms. The quantitative estimate of drug-likeness (QED) is 0.743. The molecule has 0 radical (unpaired) electrons. The van der Waals surface area contributed by atoms with Gasteiger partial charge in [0.25, 0.3) is 0 Å². The number of hydrogen-bond acceptors (Lipinski definition) is 7. The Bertz CT molecular complexity index is 590. The molecule has 1 aliphatic heterocycles. The molecule has 112 valence electrons. The van der Waals surface area contributed by atoms with E-state index in [1.54, 1.807) is 14.0 Å². The fourth-order valence-corrected chi connectivity index (χ4v) is 4.22. The topological polar surface area (TPSA) is 117 Å². The molecule has 1 aromatic rings. The number of carbonyl (C=O) groups is 1. The SMILES string of the molecule is CCOC(=O)C(c1nc(N)n(C)n1)C1CCS(=O)(=O)C1. The third-order valence-corrected chi connectivity index (χ3v) is 5.16. The van der Waals surface area contributed by atoms with Gasteiger partial charge in [-0.25, -0.2) is 13.1 Å². The van der Waals surface area contributed by atoms with Crippen LogP contribution in [0.2, 0.25) is 0 Å². The molecule has 0 bridgehead atoms. The normalized spacial score (nSPS) is 22.6. The number of nitrogens with two attached hydrogens (primary N) is 1. The molecule has 8 nitrogen and oxygen atoms in total. The van der Waals surface area contributed by atoms with Gasteiger partial charge in [0.1, 0.15) is 5.92 Å². The molecule has 2 N–H and O–H groups in total. The summed E-state index contributed by atoms with van der Waals surface area (Å²) in [5, 5.41) is 4.09. The van der Waals surface area contributed by atoms with E-state index in [0.29, 0.717) is 6.42 Å². The van der Waals surface area contributed by atoms with Crippen molar-refractivity contribution >= 4 is 21.8 Å². The summed E-state index contributed by atoms with van der Waals surface area (Å²) in [6.45, 7) is 1.91. The summed E-state index contributed by atoms with van der Waals surface area (Å²) in [6, 6.07) is 0. The summed E-state index contributed by atoms with van der Waals surface area (Å²) in [6.07, 6.45) is 0.407. The Kier molecular flexibility index (Phi) is 3.98. The first-order chi connectivity index (χ1) is 9.34. The Balaban J connectivity index is 2.32.